The van der Waals surface area contributed by atoms with Crippen LogP contribution in [0.15, 0.2) is 42.5 Å². The van der Waals surface area contributed by atoms with E-state index in [0.717, 1.165) is 0 Å². The zero-order valence-electron chi connectivity index (χ0n) is 13.5. The number of fused-ring (bicyclic) bond motifs is 1. The molecule has 1 aliphatic heterocycles. The minimum absolute atomic E-state index is 0.00107. The maximum absolute atomic E-state index is 12.3. The third-order valence-electron chi connectivity index (χ3n) is 3.98. The highest BCUT2D eigenvalue weighted by molar-refractivity contribution is 6.03. The van der Waals surface area contributed by atoms with Gasteiger partial charge in [-0.3, -0.25) is 9.59 Å². The number of hydrogen-bond donors (Lipinski definition) is 2. The fourth-order valence-electron chi connectivity index (χ4n) is 2.67. The molecule has 0 amide bonds. The van der Waals surface area contributed by atoms with Crippen LogP contribution in [0.4, 0.5) is 0 Å². The molecule has 0 saturated carbocycles. The van der Waals surface area contributed by atoms with E-state index in [9.17, 15) is 19.8 Å². The first-order chi connectivity index (χ1) is 12.1. The standard InChI is InChI=1S/C19H18O6/c20-10-13-3-1-2-4-14(13)16(22)7-6-15(21)12-5-8-17-18(9-12)24-11-19(23)25-17/h1-5,8-9,19-20,23H,6-7,10-11H2. The number of Topliss-reactive ketones (excluding diaryl/α,β-unsaturated/α-hetero) is 2. The lowest BCUT2D eigenvalue weighted by molar-refractivity contribution is -0.0670. The van der Waals surface area contributed by atoms with Crippen molar-refractivity contribution in [1.82, 2.24) is 0 Å². The minimum atomic E-state index is -1.02. The second-order valence-corrected chi connectivity index (χ2v) is 5.71. The lowest BCUT2D eigenvalue weighted by Crippen LogP contribution is -2.28. The number of ether oxygens (including phenoxy) is 2. The Bertz CT molecular complexity index is 798. The van der Waals surface area contributed by atoms with Crippen LogP contribution in [0.25, 0.3) is 0 Å². The second kappa shape index (κ2) is 7.46. The Balaban J connectivity index is 1.66. The molecule has 0 aliphatic carbocycles. The molecule has 1 atom stereocenters. The summed E-state index contributed by atoms with van der Waals surface area (Å²) in [5, 5.41) is 18.7. The summed E-state index contributed by atoms with van der Waals surface area (Å²) in [4.78, 5) is 24.6. The smallest absolute Gasteiger partial charge is 0.232 e. The van der Waals surface area contributed by atoms with Gasteiger partial charge in [0.25, 0.3) is 0 Å². The van der Waals surface area contributed by atoms with Crippen molar-refractivity contribution in [3.05, 3.63) is 59.2 Å². The monoisotopic (exact) mass is 342 g/mol. The predicted molar refractivity (Wildman–Crippen MR) is 88.8 cm³/mol. The Labute approximate surface area is 144 Å². The van der Waals surface area contributed by atoms with Crippen molar-refractivity contribution in [2.75, 3.05) is 6.61 Å². The number of hydrogen-bond acceptors (Lipinski definition) is 6. The summed E-state index contributed by atoms with van der Waals surface area (Å²) in [6.45, 7) is -0.217. The summed E-state index contributed by atoms with van der Waals surface area (Å²) in [5.41, 5.74) is 1.41. The van der Waals surface area contributed by atoms with Crippen molar-refractivity contribution in [2.24, 2.45) is 0 Å². The molecular formula is C19H18O6. The molecule has 0 saturated heterocycles. The van der Waals surface area contributed by atoms with Gasteiger partial charge in [-0.2, -0.15) is 0 Å². The first-order valence-electron chi connectivity index (χ1n) is 7.95. The van der Waals surface area contributed by atoms with Crippen LogP contribution in [0.3, 0.4) is 0 Å². The lowest BCUT2D eigenvalue weighted by Gasteiger charge is -2.22. The fraction of sp³-hybridized carbons (Fsp3) is 0.263. The highest BCUT2D eigenvalue weighted by atomic mass is 16.7. The van der Waals surface area contributed by atoms with Crippen LogP contribution in [-0.4, -0.2) is 34.7 Å². The number of rotatable bonds is 6. The van der Waals surface area contributed by atoms with Crippen molar-refractivity contribution in [3.63, 3.8) is 0 Å². The van der Waals surface area contributed by atoms with Crippen molar-refractivity contribution < 1.29 is 29.3 Å². The van der Waals surface area contributed by atoms with Gasteiger partial charge in [0.2, 0.25) is 6.29 Å². The van der Waals surface area contributed by atoms with Crippen LogP contribution in [-0.2, 0) is 6.61 Å². The maximum atomic E-state index is 12.3. The van der Waals surface area contributed by atoms with Gasteiger partial charge in [-0.1, -0.05) is 24.3 Å². The molecule has 2 N–H and O–H groups in total. The Hall–Kier alpha value is -2.70. The molecule has 0 bridgehead atoms. The molecule has 25 heavy (non-hydrogen) atoms. The van der Waals surface area contributed by atoms with Gasteiger partial charge >= 0.3 is 0 Å². The zero-order valence-corrected chi connectivity index (χ0v) is 13.5. The van der Waals surface area contributed by atoms with E-state index in [0.29, 0.717) is 28.2 Å². The van der Waals surface area contributed by atoms with Gasteiger partial charge in [0.05, 0.1) is 6.61 Å². The van der Waals surface area contributed by atoms with Crippen molar-refractivity contribution in [1.29, 1.82) is 0 Å². The van der Waals surface area contributed by atoms with Crippen LogP contribution in [0, 0.1) is 0 Å². The highest BCUT2D eigenvalue weighted by Crippen LogP contribution is 2.32. The Morgan fingerprint density at radius 3 is 2.60 bits per heavy atom. The molecule has 6 nitrogen and oxygen atoms in total. The summed E-state index contributed by atoms with van der Waals surface area (Å²) in [6, 6.07) is 11.5. The molecule has 130 valence electrons. The van der Waals surface area contributed by atoms with Gasteiger partial charge in [0, 0.05) is 24.0 Å². The van der Waals surface area contributed by atoms with Gasteiger partial charge in [0.1, 0.15) is 0 Å². The molecule has 0 fully saturated rings. The quantitative estimate of drug-likeness (QED) is 0.781. The first-order valence-corrected chi connectivity index (χ1v) is 7.95. The third-order valence-corrected chi connectivity index (χ3v) is 3.98. The second-order valence-electron chi connectivity index (χ2n) is 5.71. The first kappa shape index (κ1) is 17.1. The summed E-state index contributed by atoms with van der Waals surface area (Å²) in [5.74, 6) is 0.405. The van der Waals surface area contributed by atoms with E-state index in [2.05, 4.69) is 0 Å². The number of benzene rings is 2. The van der Waals surface area contributed by atoms with Crippen LogP contribution in [0.1, 0.15) is 39.1 Å². The van der Waals surface area contributed by atoms with E-state index in [4.69, 9.17) is 9.47 Å². The van der Waals surface area contributed by atoms with Gasteiger partial charge in [-0.05, 0) is 23.8 Å². The van der Waals surface area contributed by atoms with Crippen LogP contribution in [0.5, 0.6) is 11.5 Å². The number of ketones is 2. The summed E-state index contributed by atoms with van der Waals surface area (Å²) < 4.78 is 10.5. The van der Waals surface area contributed by atoms with Crippen molar-refractivity contribution in [2.45, 2.75) is 25.7 Å². The number of carbonyl (C=O) groups is 2. The van der Waals surface area contributed by atoms with E-state index < -0.39 is 6.29 Å². The molecule has 2 aromatic rings. The third kappa shape index (κ3) is 3.87. The van der Waals surface area contributed by atoms with Crippen LogP contribution < -0.4 is 9.47 Å². The molecule has 1 aliphatic rings. The molecular weight excluding hydrogens is 324 g/mol. The molecule has 3 rings (SSSR count). The molecule has 6 heteroatoms. The van der Waals surface area contributed by atoms with Gasteiger partial charge < -0.3 is 19.7 Å². The maximum Gasteiger partial charge on any atom is 0.232 e. The van der Waals surface area contributed by atoms with Crippen molar-refractivity contribution in [3.8, 4) is 11.5 Å². The predicted octanol–water partition coefficient (Wildman–Crippen LogP) is 2.11. The number of carbonyl (C=O) groups excluding carboxylic acids is 2. The number of aliphatic hydroxyl groups excluding tert-OH is 2. The van der Waals surface area contributed by atoms with E-state index in [-0.39, 0.29) is 37.6 Å². The fourth-order valence-corrected chi connectivity index (χ4v) is 2.67. The van der Waals surface area contributed by atoms with Gasteiger partial charge in [0.15, 0.2) is 29.7 Å². The summed E-state index contributed by atoms with van der Waals surface area (Å²) in [6.07, 6.45) is -0.901. The Kier molecular flexibility index (Phi) is 5.11. The molecule has 0 radical (unpaired) electrons. The van der Waals surface area contributed by atoms with E-state index >= 15 is 0 Å². The number of aliphatic hydroxyl groups is 2. The molecule has 1 heterocycles. The molecule has 0 aromatic heterocycles. The molecule has 2 aromatic carbocycles. The molecule has 1 unspecified atom stereocenters. The summed E-state index contributed by atoms with van der Waals surface area (Å²) >= 11 is 0. The van der Waals surface area contributed by atoms with E-state index in [1.54, 1.807) is 42.5 Å². The largest absolute Gasteiger partial charge is 0.483 e. The average molecular weight is 342 g/mol. The Morgan fingerprint density at radius 1 is 1.04 bits per heavy atom. The zero-order chi connectivity index (χ0) is 17.8. The highest BCUT2D eigenvalue weighted by Gasteiger charge is 2.20. The van der Waals surface area contributed by atoms with E-state index in [1.165, 1.54) is 0 Å². The van der Waals surface area contributed by atoms with E-state index in [1.807, 2.05) is 0 Å². The van der Waals surface area contributed by atoms with Crippen LogP contribution in [0.2, 0.25) is 0 Å². The normalized spacial score (nSPS) is 15.7. The Morgan fingerprint density at radius 2 is 1.80 bits per heavy atom. The minimum Gasteiger partial charge on any atom is -0.483 e. The molecule has 0 spiro atoms. The van der Waals surface area contributed by atoms with Crippen LogP contribution >= 0.6 is 0 Å². The summed E-state index contributed by atoms with van der Waals surface area (Å²) in [7, 11) is 0. The van der Waals surface area contributed by atoms with Gasteiger partial charge in [-0.25, -0.2) is 0 Å². The van der Waals surface area contributed by atoms with Crippen molar-refractivity contribution >= 4 is 11.6 Å². The average Bonchev–Trinajstić information content (AvgIpc) is 2.65. The lowest BCUT2D eigenvalue weighted by atomic mass is 9.98. The topological polar surface area (TPSA) is 93.1 Å². The van der Waals surface area contributed by atoms with Gasteiger partial charge in [-0.15, -0.1) is 0 Å². The SMILES string of the molecule is O=C(CCC(=O)c1ccccc1CO)c1ccc2c(c1)OCC(O)O2.